The minimum atomic E-state index is -0.460. The van der Waals surface area contributed by atoms with E-state index in [-0.39, 0.29) is 212 Å². The van der Waals surface area contributed by atoms with Crippen LogP contribution < -0.4 is 10.6 Å². The fourth-order valence-electron chi connectivity index (χ4n) is 5.93. The number of carbonyl (C=O) groups is 2. The average molecular weight is 1340 g/mol. The molecule has 0 aliphatic rings. The molecule has 8 aromatic carbocycles. The fourth-order valence-corrected chi connectivity index (χ4v) is 5.93. The van der Waals surface area contributed by atoms with E-state index in [1.54, 1.807) is 84.9 Å². The van der Waals surface area contributed by atoms with E-state index in [0.717, 1.165) is 10.8 Å². The van der Waals surface area contributed by atoms with Crippen LogP contribution in [0.1, 0.15) is 90.0 Å². The molecule has 0 aromatic heterocycles. The molecule has 8 aromatic rings. The van der Waals surface area contributed by atoms with Gasteiger partial charge in [0.2, 0.25) is 0 Å². The van der Waals surface area contributed by atoms with Crippen molar-refractivity contribution in [1.29, 1.82) is 0 Å². The summed E-state index contributed by atoms with van der Waals surface area (Å²) in [6.45, 7) is 20.0. The average Bonchev–Trinajstić information content (AvgIpc) is 3.40. The van der Waals surface area contributed by atoms with Crippen LogP contribution in [0.2, 0.25) is 0 Å². The van der Waals surface area contributed by atoms with Crippen LogP contribution in [-0.2, 0) is 148 Å². The van der Waals surface area contributed by atoms with Gasteiger partial charge < -0.3 is 38.5 Å². The van der Waals surface area contributed by atoms with Gasteiger partial charge in [-0.3, -0.25) is 9.59 Å². The molecule has 4 radical (unpaired) electrons. The number of para-hydroxylation sites is 4. The molecule has 2 amide bonds. The molecule has 0 fully saturated rings. The summed E-state index contributed by atoms with van der Waals surface area (Å²) >= 11 is 0. The Balaban J connectivity index is -0.000000343. The first-order valence-electron chi connectivity index (χ1n) is 22.9. The van der Waals surface area contributed by atoms with Crippen LogP contribution in [0.25, 0.3) is 21.5 Å². The van der Waals surface area contributed by atoms with Gasteiger partial charge in [-0.2, -0.15) is 0 Å². The van der Waals surface area contributed by atoms with Gasteiger partial charge in [-0.1, -0.05) is 178 Å². The quantitative estimate of drug-likeness (QED) is 0.0499. The number of amides is 2. The summed E-state index contributed by atoms with van der Waals surface area (Å²) in [5.74, 6) is -1.54. The number of anilines is 2. The molecule has 8 rings (SSSR count). The predicted octanol–water partition coefficient (Wildman–Crippen LogP) is 17.4. The molecule has 0 bridgehead atoms. The maximum Gasteiger partial charge on any atom is 0.259 e. The Morgan fingerprint density at radius 3 is 0.959 bits per heavy atom. The number of nitrogens with zero attached hydrogens (tertiary/aromatic N) is 4. The van der Waals surface area contributed by atoms with E-state index in [2.05, 4.69) is 31.1 Å². The molecule has 12 nitrogen and oxygen atoms in total. The Kier molecular flexibility index (Phi) is 49.1. The number of benzene rings is 8. The number of nitrogens with one attached hydrogen (secondary N) is 2. The van der Waals surface area contributed by atoms with Crippen molar-refractivity contribution >= 4 is 67.5 Å². The number of hydrogen-bond acceptors (Lipinski definition) is 10. The van der Waals surface area contributed by atoms with Crippen molar-refractivity contribution in [1.82, 2.24) is 0 Å². The molecular weight excluding hydrogens is 1280 g/mol. The van der Waals surface area contributed by atoms with E-state index in [0.29, 0.717) is 22.1 Å². The molecule has 74 heavy (non-hydrogen) atoms. The predicted molar refractivity (Wildman–Crippen MR) is 288 cm³/mol. The second-order valence-corrected chi connectivity index (χ2v) is 12.7. The number of phenols is 4. The van der Waals surface area contributed by atoms with Crippen molar-refractivity contribution in [2.24, 2.45) is 20.5 Å². The maximum absolute atomic E-state index is 12.8. The Morgan fingerprint density at radius 2 is 0.649 bits per heavy atom. The molecule has 0 saturated heterocycles. The van der Waals surface area contributed by atoms with Crippen LogP contribution in [0.4, 0.5) is 34.1 Å². The largest absolute Gasteiger partial charge is 0.506 e. The molecule has 0 aliphatic carbocycles. The Morgan fingerprint density at radius 1 is 0.378 bits per heavy atom. The summed E-state index contributed by atoms with van der Waals surface area (Å²) in [6, 6.07) is 48.7. The van der Waals surface area contributed by atoms with Gasteiger partial charge in [-0.05, 0) is 71.4 Å². The first kappa shape index (κ1) is 79.4. The zero-order chi connectivity index (χ0) is 50.4. The zero-order valence-electron chi connectivity index (χ0n) is 44.2. The summed E-state index contributed by atoms with van der Waals surface area (Å²) in [5.41, 5.74) is 2.22. The van der Waals surface area contributed by atoms with Gasteiger partial charge in [0.15, 0.2) is 11.5 Å². The minimum Gasteiger partial charge on any atom is -0.506 e. The summed E-state index contributed by atoms with van der Waals surface area (Å²) in [6.07, 6.45) is 0. The van der Waals surface area contributed by atoms with Gasteiger partial charge in [0.1, 0.15) is 34.2 Å². The molecule has 17 heteroatoms. The minimum absolute atomic E-state index is 0. The first-order chi connectivity index (χ1) is 33.3. The van der Waals surface area contributed by atoms with E-state index in [1.807, 2.05) is 142 Å². The van der Waals surface area contributed by atoms with Gasteiger partial charge in [0.05, 0.1) is 11.1 Å². The third-order valence-corrected chi connectivity index (χ3v) is 8.82. The van der Waals surface area contributed by atoms with Gasteiger partial charge in [0.25, 0.3) is 11.8 Å². The van der Waals surface area contributed by atoms with Crippen molar-refractivity contribution in [3.05, 3.63) is 188 Å². The summed E-state index contributed by atoms with van der Waals surface area (Å²) in [7, 11) is 0. The van der Waals surface area contributed by atoms with Crippen molar-refractivity contribution in [2.75, 3.05) is 10.6 Å². The molecule has 0 saturated carbocycles. The molecule has 0 spiro atoms. The van der Waals surface area contributed by atoms with Crippen LogP contribution in [0.3, 0.4) is 0 Å². The number of hydrogen-bond donors (Lipinski definition) is 6. The van der Waals surface area contributed by atoms with Crippen molar-refractivity contribution < 1.29 is 178 Å². The van der Waals surface area contributed by atoms with Crippen molar-refractivity contribution in [3.8, 4) is 23.0 Å². The van der Waals surface area contributed by atoms with E-state index in [4.69, 9.17) is 0 Å². The Bertz CT molecular complexity index is 2670. The van der Waals surface area contributed by atoms with Gasteiger partial charge in [-0.25, -0.2) is 0 Å². The summed E-state index contributed by atoms with van der Waals surface area (Å²) in [5, 5.41) is 66.1. The Labute approximate surface area is 549 Å². The molecule has 0 heterocycles. The molecular formula is C57H67FeN6O6Y4-. The standard InChI is InChI=1S/2C23H17N3O3.5C2H6.CH3.Fe.4Y/c2*27-20-13-7-6-12-19(20)25-26-21-17-11-5-4-8-15(17)14-18(22(21)28)23(29)24-16-9-2-1-3-10-16;5*1-2;;;;;;/h2*1-14,27-28H,(H,24,29);5*1-2H3;1H3;;;;;/q;;;;;;;-1;;;;;. The monoisotopic (exact) mass is 1340 g/mol. The molecule has 6 N–H and O–H groups in total. The number of aromatic hydroxyl groups is 4. The molecule has 0 aliphatic heterocycles. The van der Waals surface area contributed by atoms with Crippen LogP contribution in [0.15, 0.2) is 190 Å². The third kappa shape index (κ3) is 23.8. The number of phenolic OH excluding ortho intramolecular Hbond substituents is 4. The maximum atomic E-state index is 12.8. The molecule has 382 valence electrons. The molecule has 0 unspecified atom stereocenters. The van der Waals surface area contributed by atoms with Crippen molar-refractivity contribution in [3.63, 3.8) is 0 Å². The second-order valence-electron chi connectivity index (χ2n) is 12.7. The van der Waals surface area contributed by atoms with Gasteiger partial charge in [-0.15, -0.1) is 20.5 Å². The van der Waals surface area contributed by atoms with Gasteiger partial charge >= 0.3 is 0 Å². The fraction of sp³-hybridized carbons (Fsp3) is 0.175. The number of rotatable bonds is 8. The van der Waals surface area contributed by atoms with E-state index in [1.165, 1.54) is 12.1 Å². The van der Waals surface area contributed by atoms with E-state index >= 15 is 0 Å². The second kappa shape index (κ2) is 45.7. The van der Waals surface area contributed by atoms with Crippen LogP contribution >= 0.6 is 0 Å². The number of fused-ring (bicyclic) bond motifs is 2. The number of azo groups is 2. The zero-order valence-corrected chi connectivity index (χ0v) is 56.7. The summed E-state index contributed by atoms with van der Waals surface area (Å²) < 4.78 is 0. The van der Waals surface area contributed by atoms with Crippen LogP contribution in [0, 0.1) is 7.43 Å². The van der Waals surface area contributed by atoms with E-state index < -0.39 is 11.8 Å². The normalized spacial score (nSPS) is 9.05. The van der Waals surface area contributed by atoms with Crippen molar-refractivity contribution in [2.45, 2.75) is 69.2 Å². The van der Waals surface area contributed by atoms with Gasteiger partial charge in [0, 0.05) is 170 Å². The van der Waals surface area contributed by atoms with Crippen LogP contribution in [-0.4, -0.2) is 32.2 Å². The van der Waals surface area contributed by atoms with Crippen LogP contribution in [0.5, 0.6) is 23.0 Å². The summed E-state index contributed by atoms with van der Waals surface area (Å²) in [4.78, 5) is 25.6. The smallest absolute Gasteiger partial charge is 0.259 e. The van der Waals surface area contributed by atoms with E-state index in [9.17, 15) is 30.0 Å². The Hall–Kier alpha value is -3.44. The topological polar surface area (TPSA) is 189 Å². The molecule has 0 atom stereocenters. The number of carbonyl (C=O) groups excluding carboxylic acids is 2. The first-order valence-corrected chi connectivity index (χ1v) is 22.9. The SMILES string of the molecule is CC.CC.CC.CC.CC.O=C(Nc1ccccc1)c1cc2ccccc2c(N=Nc2ccccc2O)c1O.O=C(Nc1ccccc1)c1cc2ccccc2c(N=Nc2ccccc2O)c1O.[CH3-].[Fe].[Y].[Y].[Y].[Y]. The third-order valence-electron chi connectivity index (χ3n) is 8.82.